The molecule has 1 aliphatic rings. The van der Waals surface area contributed by atoms with Gasteiger partial charge in [0, 0.05) is 11.1 Å². The Morgan fingerprint density at radius 1 is 1.00 bits per heavy atom. The SMILES string of the molecule is COC(=O)C1=C(C)OC(C)=C(C(=O)OC)C1c1cc2ccccc2[nH]c1=O. The minimum absolute atomic E-state index is 0.0873. The van der Waals surface area contributed by atoms with Crippen molar-refractivity contribution in [1.82, 2.24) is 4.98 Å². The highest BCUT2D eigenvalue weighted by Gasteiger charge is 2.40. The number of carbonyl (C=O) groups is 2. The predicted molar refractivity (Wildman–Crippen MR) is 97.8 cm³/mol. The van der Waals surface area contributed by atoms with Crippen molar-refractivity contribution < 1.29 is 23.8 Å². The molecule has 1 N–H and O–H groups in total. The van der Waals surface area contributed by atoms with Gasteiger partial charge in [0.15, 0.2) is 0 Å². The molecule has 0 aliphatic carbocycles. The highest BCUT2D eigenvalue weighted by molar-refractivity contribution is 5.99. The van der Waals surface area contributed by atoms with Crippen molar-refractivity contribution in [2.24, 2.45) is 0 Å². The fraction of sp³-hybridized carbons (Fsp3) is 0.250. The van der Waals surface area contributed by atoms with E-state index in [1.165, 1.54) is 14.2 Å². The number of carbonyl (C=O) groups excluding carboxylic acids is 2. The van der Waals surface area contributed by atoms with E-state index in [9.17, 15) is 14.4 Å². The zero-order valence-corrected chi connectivity index (χ0v) is 15.4. The highest BCUT2D eigenvalue weighted by Crippen LogP contribution is 2.40. The number of allylic oxidation sites excluding steroid dienone is 2. The first-order chi connectivity index (χ1) is 12.9. The van der Waals surface area contributed by atoms with Crippen molar-refractivity contribution in [3.63, 3.8) is 0 Å². The number of methoxy groups -OCH3 is 2. The van der Waals surface area contributed by atoms with E-state index in [1.54, 1.807) is 32.0 Å². The third kappa shape index (κ3) is 3.12. The van der Waals surface area contributed by atoms with Crippen molar-refractivity contribution in [2.75, 3.05) is 14.2 Å². The van der Waals surface area contributed by atoms with Gasteiger partial charge < -0.3 is 19.2 Å². The molecule has 0 bridgehead atoms. The number of hydrogen-bond donors (Lipinski definition) is 1. The number of esters is 2. The number of aromatic amines is 1. The maximum atomic E-state index is 12.8. The molecule has 0 spiro atoms. The largest absolute Gasteiger partial charge is 0.466 e. The van der Waals surface area contributed by atoms with Gasteiger partial charge in [-0.3, -0.25) is 4.79 Å². The maximum absolute atomic E-state index is 12.8. The lowest BCUT2D eigenvalue weighted by atomic mass is 9.82. The second kappa shape index (κ2) is 7.11. The van der Waals surface area contributed by atoms with E-state index in [1.807, 2.05) is 12.1 Å². The van der Waals surface area contributed by atoms with Crippen molar-refractivity contribution in [2.45, 2.75) is 19.8 Å². The van der Waals surface area contributed by atoms with Gasteiger partial charge in [-0.1, -0.05) is 18.2 Å². The van der Waals surface area contributed by atoms with Crippen LogP contribution in [0.15, 0.2) is 57.8 Å². The second-order valence-electron chi connectivity index (χ2n) is 6.10. The van der Waals surface area contributed by atoms with Crippen LogP contribution >= 0.6 is 0 Å². The monoisotopic (exact) mass is 369 g/mol. The topological polar surface area (TPSA) is 94.7 Å². The molecule has 2 aromatic rings. The van der Waals surface area contributed by atoms with E-state index >= 15 is 0 Å². The number of nitrogens with one attached hydrogen (secondary N) is 1. The fourth-order valence-corrected chi connectivity index (χ4v) is 3.32. The van der Waals surface area contributed by atoms with Crippen LogP contribution < -0.4 is 5.56 Å². The molecular weight excluding hydrogens is 350 g/mol. The van der Waals surface area contributed by atoms with Gasteiger partial charge in [-0.25, -0.2) is 9.59 Å². The zero-order chi connectivity index (χ0) is 19.7. The summed E-state index contributed by atoms with van der Waals surface area (Å²) in [5.41, 5.74) is 0.646. The third-order valence-electron chi connectivity index (χ3n) is 4.55. The molecule has 7 nitrogen and oxygen atoms in total. The van der Waals surface area contributed by atoms with E-state index in [0.29, 0.717) is 5.52 Å². The Labute approximate surface area is 155 Å². The van der Waals surface area contributed by atoms with Crippen LogP contribution in [0.4, 0.5) is 0 Å². The Balaban J connectivity index is 2.33. The fourth-order valence-electron chi connectivity index (χ4n) is 3.32. The van der Waals surface area contributed by atoms with E-state index in [-0.39, 0.29) is 28.2 Å². The van der Waals surface area contributed by atoms with Crippen LogP contribution in [0.3, 0.4) is 0 Å². The molecule has 1 aliphatic heterocycles. The van der Waals surface area contributed by atoms with Crippen LogP contribution in [-0.2, 0) is 23.8 Å². The maximum Gasteiger partial charge on any atom is 0.338 e. The summed E-state index contributed by atoms with van der Waals surface area (Å²) in [6.45, 7) is 3.18. The lowest BCUT2D eigenvalue weighted by molar-refractivity contribution is -0.137. The molecule has 0 radical (unpaired) electrons. The quantitative estimate of drug-likeness (QED) is 0.836. The molecular formula is C20H19NO6. The summed E-state index contributed by atoms with van der Waals surface area (Å²) in [5.74, 6) is -1.79. The first kappa shape index (κ1) is 18.4. The predicted octanol–water partition coefficient (Wildman–Crippen LogP) is 2.54. The molecule has 0 saturated carbocycles. The van der Waals surface area contributed by atoms with Crippen LogP contribution in [-0.4, -0.2) is 31.1 Å². The number of pyridine rings is 1. The molecule has 1 aromatic carbocycles. The summed E-state index contributed by atoms with van der Waals surface area (Å²) in [6, 6.07) is 8.90. The lowest BCUT2D eigenvalue weighted by Gasteiger charge is -2.28. The summed E-state index contributed by atoms with van der Waals surface area (Å²) in [5, 5.41) is 0.766. The second-order valence-corrected chi connectivity index (χ2v) is 6.10. The van der Waals surface area contributed by atoms with Crippen molar-refractivity contribution >= 4 is 22.8 Å². The number of H-pyrrole nitrogens is 1. The number of aromatic nitrogens is 1. The first-order valence-corrected chi connectivity index (χ1v) is 8.27. The number of benzene rings is 1. The Bertz CT molecular complexity index is 1020. The summed E-state index contributed by atoms with van der Waals surface area (Å²) >= 11 is 0. The van der Waals surface area contributed by atoms with Gasteiger partial charge in [0.2, 0.25) is 0 Å². The minimum Gasteiger partial charge on any atom is -0.466 e. The zero-order valence-electron chi connectivity index (χ0n) is 15.4. The normalized spacial score (nSPS) is 15.0. The summed E-state index contributed by atoms with van der Waals surface area (Å²) in [7, 11) is 2.46. The average molecular weight is 369 g/mol. The third-order valence-corrected chi connectivity index (χ3v) is 4.55. The van der Waals surface area contributed by atoms with E-state index in [2.05, 4.69) is 4.98 Å². The number of para-hydroxylation sites is 1. The van der Waals surface area contributed by atoms with Crippen LogP contribution in [0.25, 0.3) is 10.9 Å². The molecule has 0 fully saturated rings. The standard InChI is InChI=1S/C20H19NO6/c1-10-15(19(23)25-3)17(16(11(2)27-10)20(24)26-4)13-9-12-7-5-6-8-14(12)21-18(13)22/h5-9,17H,1-4H3,(H,21,22). The Morgan fingerprint density at radius 3 is 2.11 bits per heavy atom. The van der Waals surface area contributed by atoms with Gasteiger partial charge >= 0.3 is 11.9 Å². The number of fused-ring (bicyclic) bond motifs is 1. The first-order valence-electron chi connectivity index (χ1n) is 8.27. The van der Waals surface area contributed by atoms with Gasteiger partial charge in [-0.2, -0.15) is 0 Å². The van der Waals surface area contributed by atoms with Gasteiger partial charge in [0.05, 0.1) is 31.3 Å². The number of hydrogen-bond acceptors (Lipinski definition) is 6. The molecule has 7 heteroatoms. The van der Waals surface area contributed by atoms with Gasteiger partial charge in [0.1, 0.15) is 11.5 Å². The lowest BCUT2D eigenvalue weighted by Crippen LogP contribution is -2.30. The van der Waals surface area contributed by atoms with Gasteiger partial charge in [0.25, 0.3) is 5.56 Å². The number of ether oxygens (including phenoxy) is 3. The Kier molecular flexibility index (Phi) is 4.85. The molecule has 27 heavy (non-hydrogen) atoms. The van der Waals surface area contributed by atoms with Crippen LogP contribution in [0.2, 0.25) is 0 Å². The van der Waals surface area contributed by atoms with Crippen LogP contribution in [0, 0.1) is 0 Å². The Morgan fingerprint density at radius 2 is 1.56 bits per heavy atom. The molecule has 3 rings (SSSR count). The molecule has 0 amide bonds. The molecule has 140 valence electrons. The Hall–Kier alpha value is -3.35. The van der Waals surface area contributed by atoms with Crippen molar-refractivity contribution in [3.8, 4) is 0 Å². The summed E-state index contributed by atoms with van der Waals surface area (Å²) in [6.07, 6.45) is 0. The molecule has 0 unspecified atom stereocenters. The molecule has 0 atom stereocenters. The summed E-state index contributed by atoms with van der Waals surface area (Å²) in [4.78, 5) is 40.5. The van der Waals surface area contributed by atoms with E-state index in [0.717, 1.165) is 5.39 Å². The van der Waals surface area contributed by atoms with Crippen molar-refractivity contribution in [3.05, 3.63) is 68.9 Å². The van der Waals surface area contributed by atoms with E-state index in [4.69, 9.17) is 14.2 Å². The average Bonchev–Trinajstić information content (AvgIpc) is 2.65. The smallest absolute Gasteiger partial charge is 0.338 e. The van der Waals surface area contributed by atoms with Crippen LogP contribution in [0.5, 0.6) is 0 Å². The highest BCUT2D eigenvalue weighted by atomic mass is 16.5. The minimum atomic E-state index is -0.966. The van der Waals surface area contributed by atoms with Gasteiger partial charge in [-0.15, -0.1) is 0 Å². The molecule has 1 aromatic heterocycles. The number of rotatable bonds is 3. The summed E-state index contributed by atoms with van der Waals surface area (Å²) < 4.78 is 15.3. The van der Waals surface area contributed by atoms with Gasteiger partial charge in [-0.05, 0) is 31.4 Å². The van der Waals surface area contributed by atoms with Crippen LogP contribution in [0.1, 0.15) is 25.3 Å². The van der Waals surface area contributed by atoms with E-state index < -0.39 is 23.4 Å². The molecule has 0 saturated heterocycles. The molecule has 2 heterocycles. The van der Waals surface area contributed by atoms with Crippen molar-refractivity contribution in [1.29, 1.82) is 0 Å².